The smallest absolute Gasteiger partial charge is 0.247 e. The van der Waals surface area contributed by atoms with Gasteiger partial charge in [0.1, 0.15) is 4.32 Å². The van der Waals surface area contributed by atoms with Gasteiger partial charge in [0.2, 0.25) is 11.8 Å². The SMILES string of the molecule is O=C1C2CCC2(Br)C(=O)N1Cc1ccccc1. The van der Waals surface area contributed by atoms with E-state index < -0.39 is 4.32 Å². The first kappa shape index (κ1) is 11.0. The average Bonchev–Trinajstić information content (AvgIpc) is 2.43. The van der Waals surface area contributed by atoms with Crippen LogP contribution in [-0.4, -0.2) is 21.0 Å². The van der Waals surface area contributed by atoms with Crippen molar-refractivity contribution in [1.29, 1.82) is 0 Å². The van der Waals surface area contributed by atoms with Gasteiger partial charge in [-0.3, -0.25) is 14.5 Å². The van der Waals surface area contributed by atoms with E-state index in [0.29, 0.717) is 6.54 Å². The maximum absolute atomic E-state index is 12.2. The minimum Gasteiger partial charge on any atom is -0.277 e. The summed E-state index contributed by atoms with van der Waals surface area (Å²) in [6.45, 7) is 0.391. The predicted octanol–water partition coefficient (Wildman–Crippen LogP) is 2.10. The molecule has 88 valence electrons. The summed E-state index contributed by atoms with van der Waals surface area (Å²) < 4.78 is -0.584. The van der Waals surface area contributed by atoms with Crippen molar-refractivity contribution in [2.75, 3.05) is 0 Å². The maximum Gasteiger partial charge on any atom is 0.247 e. The Balaban J connectivity index is 1.85. The third kappa shape index (κ3) is 1.47. The highest BCUT2D eigenvalue weighted by atomic mass is 79.9. The number of likely N-dealkylation sites (tertiary alicyclic amines) is 1. The number of amides is 2. The van der Waals surface area contributed by atoms with Crippen LogP contribution in [0, 0.1) is 5.92 Å². The second kappa shape index (κ2) is 3.67. The number of hydrogen-bond donors (Lipinski definition) is 0. The number of nitrogens with zero attached hydrogens (tertiary/aromatic N) is 1. The molecule has 1 aromatic rings. The van der Waals surface area contributed by atoms with Gasteiger partial charge in [-0.05, 0) is 18.4 Å². The minimum absolute atomic E-state index is 0.0259. The predicted molar refractivity (Wildman–Crippen MR) is 66.4 cm³/mol. The van der Waals surface area contributed by atoms with E-state index in [-0.39, 0.29) is 17.7 Å². The summed E-state index contributed by atoms with van der Waals surface area (Å²) in [5.41, 5.74) is 0.992. The van der Waals surface area contributed by atoms with E-state index in [1.54, 1.807) is 0 Å². The molecule has 2 amide bonds. The number of imide groups is 1. The lowest BCUT2D eigenvalue weighted by Gasteiger charge is -2.34. The Bertz CT molecular complexity index is 487. The first-order chi connectivity index (χ1) is 8.13. The van der Waals surface area contributed by atoms with Crippen LogP contribution in [0.25, 0.3) is 0 Å². The van der Waals surface area contributed by atoms with Crippen molar-refractivity contribution < 1.29 is 9.59 Å². The molecule has 2 fully saturated rings. The molecular weight excluding hydrogens is 282 g/mol. The first-order valence-electron chi connectivity index (χ1n) is 5.71. The van der Waals surface area contributed by atoms with E-state index in [9.17, 15) is 9.59 Å². The van der Waals surface area contributed by atoms with Crippen molar-refractivity contribution in [2.45, 2.75) is 23.7 Å². The lowest BCUT2D eigenvalue weighted by molar-refractivity contribution is -0.139. The van der Waals surface area contributed by atoms with E-state index in [4.69, 9.17) is 0 Å². The third-order valence-electron chi connectivity index (χ3n) is 3.70. The number of carbonyl (C=O) groups excluding carboxylic acids is 2. The minimum atomic E-state index is -0.584. The van der Waals surface area contributed by atoms with Gasteiger partial charge in [0.15, 0.2) is 0 Å². The standard InChI is InChI=1S/C13H12BrNO2/c14-13-7-6-10(13)11(16)15(12(13)17)8-9-4-2-1-3-5-9/h1-5,10H,6-8H2. The van der Waals surface area contributed by atoms with Gasteiger partial charge in [-0.25, -0.2) is 0 Å². The summed E-state index contributed by atoms with van der Waals surface area (Å²) in [6, 6.07) is 9.62. The van der Waals surface area contributed by atoms with Crippen molar-refractivity contribution in [3.63, 3.8) is 0 Å². The zero-order chi connectivity index (χ0) is 12.0. The van der Waals surface area contributed by atoms with Gasteiger partial charge in [-0.2, -0.15) is 0 Å². The molecule has 3 rings (SSSR count). The molecule has 0 radical (unpaired) electrons. The molecule has 2 atom stereocenters. The molecule has 1 aliphatic carbocycles. The highest BCUT2D eigenvalue weighted by Crippen LogP contribution is 2.52. The van der Waals surface area contributed by atoms with Crippen LogP contribution >= 0.6 is 15.9 Å². The summed E-state index contributed by atoms with van der Waals surface area (Å²) in [5.74, 6) is -0.233. The fraction of sp³-hybridized carbons (Fsp3) is 0.385. The molecule has 4 heteroatoms. The zero-order valence-corrected chi connectivity index (χ0v) is 10.8. The molecule has 3 nitrogen and oxygen atoms in total. The Kier molecular flexibility index (Phi) is 2.36. The molecule has 0 aromatic heterocycles. The third-order valence-corrected chi connectivity index (χ3v) is 4.99. The lowest BCUT2D eigenvalue weighted by Crippen LogP contribution is -2.44. The van der Waals surface area contributed by atoms with Gasteiger partial charge in [-0.1, -0.05) is 46.3 Å². The second-order valence-electron chi connectivity index (χ2n) is 4.67. The average molecular weight is 294 g/mol. The van der Waals surface area contributed by atoms with E-state index in [0.717, 1.165) is 18.4 Å². The molecule has 0 N–H and O–H groups in total. The lowest BCUT2D eigenvalue weighted by atomic mass is 9.75. The summed E-state index contributed by atoms with van der Waals surface area (Å²) in [5, 5.41) is 0. The second-order valence-corrected chi connectivity index (χ2v) is 6.08. The van der Waals surface area contributed by atoms with Crippen molar-refractivity contribution in [2.24, 2.45) is 5.92 Å². The van der Waals surface area contributed by atoms with Gasteiger partial charge < -0.3 is 0 Å². The highest BCUT2D eigenvalue weighted by molar-refractivity contribution is 9.10. The summed E-state index contributed by atoms with van der Waals surface area (Å²) in [4.78, 5) is 25.6. The van der Waals surface area contributed by atoms with Gasteiger partial charge in [0.25, 0.3) is 0 Å². The molecule has 2 aliphatic rings. The Morgan fingerprint density at radius 1 is 1.29 bits per heavy atom. The monoisotopic (exact) mass is 293 g/mol. The topological polar surface area (TPSA) is 37.4 Å². The molecule has 1 saturated carbocycles. The quantitative estimate of drug-likeness (QED) is 0.619. The molecule has 1 aromatic carbocycles. The molecule has 1 heterocycles. The molecule has 0 bridgehead atoms. The van der Waals surface area contributed by atoms with Crippen LogP contribution in [0.2, 0.25) is 0 Å². The Labute approximate surface area is 108 Å². The fourth-order valence-electron chi connectivity index (χ4n) is 2.55. The maximum atomic E-state index is 12.2. The number of fused-ring (bicyclic) bond motifs is 1. The molecule has 17 heavy (non-hydrogen) atoms. The molecular formula is C13H12BrNO2. The number of hydrogen-bond acceptors (Lipinski definition) is 2. The number of benzene rings is 1. The van der Waals surface area contributed by atoms with Crippen molar-refractivity contribution in [3.05, 3.63) is 35.9 Å². The largest absolute Gasteiger partial charge is 0.277 e. The van der Waals surface area contributed by atoms with Crippen LogP contribution in [-0.2, 0) is 16.1 Å². The van der Waals surface area contributed by atoms with Crippen molar-refractivity contribution in [1.82, 2.24) is 4.90 Å². The van der Waals surface area contributed by atoms with Gasteiger partial charge >= 0.3 is 0 Å². The van der Waals surface area contributed by atoms with E-state index in [1.807, 2.05) is 30.3 Å². The summed E-state index contributed by atoms with van der Waals surface area (Å²) >= 11 is 3.44. The van der Waals surface area contributed by atoms with Crippen molar-refractivity contribution in [3.8, 4) is 0 Å². The van der Waals surface area contributed by atoms with E-state index in [1.165, 1.54) is 4.90 Å². The van der Waals surface area contributed by atoms with Crippen LogP contribution in [0.3, 0.4) is 0 Å². The number of halogens is 1. The molecule has 2 unspecified atom stereocenters. The Morgan fingerprint density at radius 3 is 2.47 bits per heavy atom. The van der Waals surface area contributed by atoms with Crippen LogP contribution in [0.5, 0.6) is 0 Å². The fourth-order valence-corrected chi connectivity index (χ4v) is 3.41. The van der Waals surface area contributed by atoms with Gasteiger partial charge in [-0.15, -0.1) is 0 Å². The van der Waals surface area contributed by atoms with Crippen LogP contribution < -0.4 is 0 Å². The normalized spacial score (nSPS) is 31.4. The van der Waals surface area contributed by atoms with E-state index in [2.05, 4.69) is 15.9 Å². The number of carbonyl (C=O) groups is 2. The van der Waals surface area contributed by atoms with Crippen molar-refractivity contribution >= 4 is 27.7 Å². The van der Waals surface area contributed by atoms with Crippen LogP contribution in [0.15, 0.2) is 30.3 Å². The zero-order valence-electron chi connectivity index (χ0n) is 9.23. The number of alkyl halides is 1. The Hall–Kier alpha value is -1.16. The molecule has 1 aliphatic heterocycles. The summed E-state index contributed by atoms with van der Waals surface area (Å²) in [6.07, 6.45) is 1.59. The Morgan fingerprint density at radius 2 is 2.00 bits per heavy atom. The van der Waals surface area contributed by atoms with Gasteiger partial charge in [0, 0.05) is 0 Å². The van der Waals surface area contributed by atoms with E-state index >= 15 is 0 Å². The van der Waals surface area contributed by atoms with Gasteiger partial charge in [0.05, 0.1) is 12.5 Å². The molecule has 0 spiro atoms. The summed E-state index contributed by atoms with van der Waals surface area (Å²) in [7, 11) is 0. The van der Waals surface area contributed by atoms with Crippen LogP contribution in [0.4, 0.5) is 0 Å². The number of rotatable bonds is 2. The molecule has 1 saturated heterocycles. The highest BCUT2D eigenvalue weighted by Gasteiger charge is 2.63. The first-order valence-corrected chi connectivity index (χ1v) is 6.51. The van der Waals surface area contributed by atoms with Crippen LogP contribution in [0.1, 0.15) is 18.4 Å².